The fourth-order valence-corrected chi connectivity index (χ4v) is 2.28. The van der Waals surface area contributed by atoms with Crippen LogP contribution in [0.25, 0.3) is 0 Å². The molecule has 0 aliphatic heterocycles. The first-order valence-electron chi connectivity index (χ1n) is 9.19. The standard InChI is InChI=1S/C19H36O3/c1-3-5-14-18(20)15-12-10-8-6-7-9-11-13-16-19(21)22-17-4-2/h10,12,18,20H,3-9,11,13-17H2,1-2H3/b12-10-. The summed E-state index contributed by atoms with van der Waals surface area (Å²) in [6.45, 7) is 4.71. The number of hydrogen-bond donors (Lipinski definition) is 1. The zero-order chi connectivity index (χ0) is 16.5. The van der Waals surface area contributed by atoms with E-state index in [0.29, 0.717) is 13.0 Å². The van der Waals surface area contributed by atoms with Gasteiger partial charge in [0.2, 0.25) is 0 Å². The lowest BCUT2D eigenvalue weighted by Gasteiger charge is -2.05. The Morgan fingerprint density at radius 1 is 1.00 bits per heavy atom. The minimum absolute atomic E-state index is 0.0496. The van der Waals surface area contributed by atoms with Crippen molar-refractivity contribution in [3.05, 3.63) is 12.2 Å². The van der Waals surface area contributed by atoms with Gasteiger partial charge in [-0.2, -0.15) is 0 Å². The van der Waals surface area contributed by atoms with E-state index in [0.717, 1.165) is 51.4 Å². The van der Waals surface area contributed by atoms with Crippen LogP contribution in [-0.2, 0) is 9.53 Å². The first kappa shape index (κ1) is 21.2. The third kappa shape index (κ3) is 15.6. The van der Waals surface area contributed by atoms with Crippen LogP contribution in [0, 0.1) is 0 Å². The Bertz CT molecular complexity index is 274. The van der Waals surface area contributed by atoms with Gasteiger partial charge in [0, 0.05) is 6.42 Å². The van der Waals surface area contributed by atoms with Crippen LogP contribution in [0.4, 0.5) is 0 Å². The molecule has 22 heavy (non-hydrogen) atoms. The maximum atomic E-state index is 11.3. The normalized spacial score (nSPS) is 12.7. The van der Waals surface area contributed by atoms with Gasteiger partial charge in [0.25, 0.3) is 0 Å². The zero-order valence-electron chi connectivity index (χ0n) is 14.7. The first-order valence-corrected chi connectivity index (χ1v) is 9.19. The molecule has 3 nitrogen and oxygen atoms in total. The average molecular weight is 312 g/mol. The smallest absolute Gasteiger partial charge is 0.305 e. The summed E-state index contributed by atoms with van der Waals surface area (Å²) in [5.74, 6) is -0.0496. The van der Waals surface area contributed by atoms with Crippen LogP contribution in [0.15, 0.2) is 12.2 Å². The molecule has 1 N–H and O–H groups in total. The highest BCUT2D eigenvalue weighted by Crippen LogP contribution is 2.09. The molecule has 0 rings (SSSR count). The second-order valence-corrected chi connectivity index (χ2v) is 6.03. The number of ether oxygens (including phenoxy) is 1. The largest absolute Gasteiger partial charge is 0.466 e. The van der Waals surface area contributed by atoms with Gasteiger partial charge in [-0.15, -0.1) is 0 Å². The molecule has 130 valence electrons. The maximum Gasteiger partial charge on any atom is 0.305 e. The molecule has 0 heterocycles. The van der Waals surface area contributed by atoms with Crippen LogP contribution < -0.4 is 0 Å². The van der Waals surface area contributed by atoms with Crippen LogP contribution in [0.1, 0.15) is 90.9 Å². The number of rotatable bonds is 15. The van der Waals surface area contributed by atoms with Crippen LogP contribution >= 0.6 is 0 Å². The van der Waals surface area contributed by atoms with Crippen LogP contribution in [-0.4, -0.2) is 23.8 Å². The van der Waals surface area contributed by atoms with Crippen molar-refractivity contribution in [2.45, 2.75) is 97.0 Å². The van der Waals surface area contributed by atoms with Gasteiger partial charge in [-0.05, 0) is 38.5 Å². The lowest BCUT2D eigenvalue weighted by Crippen LogP contribution is -2.04. The molecule has 0 aliphatic carbocycles. The lowest BCUT2D eigenvalue weighted by atomic mass is 10.1. The summed E-state index contributed by atoms with van der Waals surface area (Å²) in [7, 11) is 0. The molecule has 0 aromatic heterocycles. The Balaban J connectivity index is 3.27. The molecular weight excluding hydrogens is 276 g/mol. The van der Waals surface area contributed by atoms with Gasteiger partial charge in [0.1, 0.15) is 0 Å². The van der Waals surface area contributed by atoms with E-state index in [-0.39, 0.29) is 12.1 Å². The highest BCUT2D eigenvalue weighted by molar-refractivity contribution is 5.69. The summed E-state index contributed by atoms with van der Waals surface area (Å²) in [6, 6.07) is 0. The van der Waals surface area contributed by atoms with Gasteiger partial charge < -0.3 is 9.84 Å². The monoisotopic (exact) mass is 312 g/mol. The van der Waals surface area contributed by atoms with E-state index in [1.807, 2.05) is 6.92 Å². The minimum Gasteiger partial charge on any atom is -0.466 e. The predicted molar refractivity (Wildman–Crippen MR) is 92.9 cm³/mol. The van der Waals surface area contributed by atoms with Crippen molar-refractivity contribution in [1.29, 1.82) is 0 Å². The third-order valence-corrected chi connectivity index (χ3v) is 3.68. The van der Waals surface area contributed by atoms with Crippen molar-refractivity contribution in [2.24, 2.45) is 0 Å². The molecule has 0 aromatic carbocycles. The van der Waals surface area contributed by atoms with Gasteiger partial charge in [0.15, 0.2) is 0 Å². The molecule has 0 saturated heterocycles. The van der Waals surface area contributed by atoms with Crippen molar-refractivity contribution in [3.63, 3.8) is 0 Å². The van der Waals surface area contributed by atoms with E-state index in [9.17, 15) is 9.90 Å². The molecule has 0 saturated carbocycles. The van der Waals surface area contributed by atoms with Crippen LogP contribution in [0.5, 0.6) is 0 Å². The van der Waals surface area contributed by atoms with Crippen LogP contribution in [0.2, 0.25) is 0 Å². The van der Waals surface area contributed by atoms with Gasteiger partial charge in [-0.25, -0.2) is 0 Å². The van der Waals surface area contributed by atoms with E-state index < -0.39 is 0 Å². The number of allylic oxidation sites excluding steroid dienone is 1. The van der Waals surface area contributed by atoms with Crippen molar-refractivity contribution >= 4 is 5.97 Å². The van der Waals surface area contributed by atoms with E-state index >= 15 is 0 Å². The molecule has 1 unspecified atom stereocenters. The average Bonchev–Trinajstić information content (AvgIpc) is 2.52. The lowest BCUT2D eigenvalue weighted by molar-refractivity contribution is -0.143. The second-order valence-electron chi connectivity index (χ2n) is 6.03. The molecule has 0 amide bonds. The number of unbranched alkanes of at least 4 members (excludes halogenated alkanes) is 6. The van der Waals surface area contributed by atoms with Crippen molar-refractivity contribution < 1.29 is 14.6 Å². The Kier molecular flexibility index (Phi) is 15.9. The molecule has 3 heteroatoms. The van der Waals surface area contributed by atoms with Gasteiger partial charge in [-0.3, -0.25) is 4.79 Å². The summed E-state index contributed by atoms with van der Waals surface area (Å²) in [5.41, 5.74) is 0. The fraction of sp³-hybridized carbons (Fsp3) is 0.842. The Labute approximate surface area is 137 Å². The SMILES string of the molecule is CCCCC(O)C/C=C\CCCCCCCC(=O)OCCC. The molecule has 0 bridgehead atoms. The highest BCUT2D eigenvalue weighted by atomic mass is 16.5. The van der Waals surface area contributed by atoms with Crippen molar-refractivity contribution in [3.8, 4) is 0 Å². The van der Waals surface area contributed by atoms with Crippen molar-refractivity contribution in [2.75, 3.05) is 6.61 Å². The number of aliphatic hydroxyl groups excluding tert-OH is 1. The first-order chi connectivity index (χ1) is 10.7. The summed E-state index contributed by atoms with van der Waals surface area (Å²) in [6.07, 6.45) is 16.3. The number of carbonyl (C=O) groups excluding carboxylic acids is 1. The summed E-state index contributed by atoms with van der Waals surface area (Å²) in [5, 5.41) is 9.69. The fourth-order valence-electron chi connectivity index (χ4n) is 2.28. The third-order valence-electron chi connectivity index (χ3n) is 3.68. The molecule has 0 spiro atoms. The second kappa shape index (κ2) is 16.5. The summed E-state index contributed by atoms with van der Waals surface area (Å²) in [4.78, 5) is 11.3. The quantitative estimate of drug-likeness (QED) is 0.258. The Morgan fingerprint density at radius 3 is 2.45 bits per heavy atom. The highest BCUT2D eigenvalue weighted by Gasteiger charge is 2.01. The van der Waals surface area contributed by atoms with E-state index in [2.05, 4.69) is 19.1 Å². The summed E-state index contributed by atoms with van der Waals surface area (Å²) < 4.78 is 5.04. The summed E-state index contributed by atoms with van der Waals surface area (Å²) >= 11 is 0. The van der Waals surface area contributed by atoms with Gasteiger partial charge in [0.05, 0.1) is 12.7 Å². The van der Waals surface area contributed by atoms with Crippen LogP contribution in [0.3, 0.4) is 0 Å². The molecule has 0 aliphatic rings. The molecule has 0 radical (unpaired) electrons. The molecular formula is C19H36O3. The number of carbonyl (C=O) groups is 1. The van der Waals surface area contributed by atoms with Gasteiger partial charge in [-0.1, -0.05) is 58.1 Å². The van der Waals surface area contributed by atoms with E-state index in [1.54, 1.807) is 0 Å². The molecule has 0 aromatic rings. The topological polar surface area (TPSA) is 46.5 Å². The molecule has 1 atom stereocenters. The number of hydrogen-bond acceptors (Lipinski definition) is 3. The number of esters is 1. The number of aliphatic hydroxyl groups is 1. The van der Waals surface area contributed by atoms with E-state index in [4.69, 9.17) is 4.74 Å². The minimum atomic E-state index is -0.163. The predicted octanol–water partition coefficient (Wildman–Crippen LogP) is 5.17. The van der Waals surface area contributed by atoms with E-state index in [1.165, 1.54) is 19.3 Å². The van der Waals surface area contributed by atoms with Gasteiger partial charge >= 0.3 is 5.97 Å². The molecule has 0 fully saturated rings. The maximum absolute atomic E-state index is 11.3. The zero-order valence-corrected chi connectivity index (χ0v) is 14.7. The van der Waals surface area contributed by atoms with Crippen molar-refractivity contribution in [1.82, 2.24) is 0 Å². The Hall–Kier alpha value is -0.830. The Morgan fingerprint density at radius 2 is 1.73 bits per heavy atom.